The molecule has 0 aromatic rings. The Morgan fingerprint density at radius 1 is 1.19 bits per heavy atom. The quantitative estimate of drug-likeness (QED) is 0.289. The third-order valence-corrected chi connectivity index (χ3v) is 3.80. The lowest BCUT2D eigenvalue weighted by molar-refractivity contribution is -0.167. The zero-order valence-electron chi connectivity index (χ0n) is 10.2. The highest BCUT2D eigenvalue weighted by atomic mass is 28.4. The lowest BCUT2D eigenvalue weighted by atomic mass is 10.4. The molecule has 0 fully saturated rings. The molecule has 1 atom stereocenters. The number of rotatable bonds is 7. The maximum absolute atomic E-state index is 11.2. The molecule has 0 bridgehead atoms. The second kappa shape index (κ2) is 6.76. The van der Waals surface area contributed by atoms with Gasteiger partial charge in [-0.05, 0) is 13.8 Å². The highest BCUT2D eigenvalue weighted by molar-refractivity contribution is 6.53. The Morgan fingerprint density at radius 3 is 1.94 bits per heavy atom. The summed E-state index contributed by atoms with van der Waals surface area (Å²) in [5.74, 6) is -0.543. The first-order valence-corrected chi connectivity index (χ1v) is 6.23. The van der Waals surface area contributed by atoms with E-state index in [1.807, 2.05) is 0 Å². The third-order valence-electron chi connectivity index (χ3n) is 1.68. The summed E-state index contributed by atoms with van der Waals surface area (Å²) in [6.07, 6.45) is -0.837. The van der Waals surface area contributed by atoms with Crippen molar-refractivity contribution < 1.29 is 27.2 Å². The molecule has 0 amide bonds. The number of esters is 1. The molecule has 0 aromatic carbocycles. The van der Waals surface area contributed by atoms with Gasteiger partial charge in [-0.25, -0.2) is 4.79 Å². The van der Waals surface area contributed by atoms with Crippen molar-refractivity contribution in [1.82, 2.24) is 0 Å². The van der Waals surface area contributed by atoms with E-state index in [2.05, 4.69) is 6.58 Å². The first-order chi connectivity index (χ1) is 7.40. The van der Waals surface area contributed by atoms with Gasteiger partial charge in [0.05, 0.1) is 0 Å². The highest BCUT2D eigenvalue weighted by Crippen LogP contribution is 2.12. The van der Waals surface area contributed by atoms with Crippen LogP contribution in [0, 0.1) is 0 Å². The summed E-state index contributed by atoms with van der Waals surface area (Å²) in [6, 6.07) is 0. The van der Waals surface area contributed by atoms with Gasteiger partial charge in [0.15, 0.2) is 6.29 Å². The Morgan fingerprint density at radius 2 is 1.62 bits per heavy atom. The van der Waals surface area contributed by atoms with E-state index in [9.17, 15) is 4.79 Å². The molecule has 0 saturated heterocycles. The van der Waals surface area contributed by atoms with Crippen LogP contribution in [0.25, 0.3) is 0 Å². The number of hydrogen-bond acceptors (Lipinski definition) is 6. The van der Waals surface area contributed by atoms with Gasteiger partial charge in [-0.2, -0.15) is 0 Å². The van der Waals surface area contributed by atoms with E-state index in [1.165, 1.54) is 21.3 Å². The number of ether oxygens (including phenoxy) is 1. The van der Waals surface area contributed by atoms with Crippen LogP contribution in [-0.4, -0.2) is 42.6 Å². The van der Waals surface area contributed by atoms with Crippen LogP contribution in [0.5, 0.6) is 0 Å². The Kier molecular flexibility index (Phi) is 6.45. The average molecular weight is 250 g/mol. The lowest BCUT2D eigenvalue weighted by Gasteiger charge is -2.26. The van der Waals surface area contributed by atoms with Crippen LogP contribution in [0.4, 0.5) is 0 Å². The molecule has 0 rings (SSSR count). The van der Waals surface area contributed by atoms with Crippen molar-refractivity contribution in [3.8, 4) is 0 Å². The van der Waals surface area contributed by atoms with E-state index in [-0.39, 0.29) is 5.57 Å². The van der Waals surface area contributed by atoms with E-state index in [0.29, 0.717) is 0 Å². The SMILES string of the molecule is C=C(C)C(=O)OC(C)O[Si](OC)(OC)OC. The molecule has 94 valence electrons. The number of carbonyl (C=O) groups is 1. The fourth-order valence-corrected chi connectivity index (χ4v) is 2.12. The molecule has 0 aliphatic rings. The largest absolute Gasteiger partial charge is 0.681 e. The topological polar surface area (TPSA) is 63.2 Å². The van der Waals surface area contributed by atoms with Gasteiger partial charge in [-0.15, -0.1) is 0 Å². The van der Waals surface area contributed by atoms with Crippen LogP contribution in [0.2, 0.25) is 0 Å². The summed E-state index contributed by atoms with van der Waals surface area (Å²) in [5.41, 5.74) is 0.287. The highest BCUT2D eigenvalue weighted by Gasteiger charge is 2.44. The van der Waals surface area contributed by atoms with Gasteiger partial charge in [0.25, 0.3) is 0 Å². The zero-order valence-corrected chi connectivity index (χ0v) is 11.2. The molecule has 0 saturated carbocycles. The summed E-state index contributed by atoms with van der Waals surface area (Å²) in [4.78, 5) is 11.2. The van der Waals surface area contributed by atoms with Gasteiger partial charge >= 0.3 is 15.0 Å². The molecule has 0 aliphatic heterocycles. The lowest BCUT2D eigenvalue weighted by Crippen LogP contribution is -2.49. The van der Waals surface area contributed by atoms with E-state index < -0.39 is 21.3 Å². The Labute approximate surface area is 96.6 Å². The van der Waals surface area contributed by atoms with Gasteiger partial charge in [-0.1, -0.05) is 6.58 Å². The molecule has 0 radical (unpaired) electrons. The maximum atomic E-state index is 11.2. The van der Waals surface area contributed by atoms with Crippen LogP contribution in [0.1, 0.15) is 13.8 Å². The summed E-state index contributed by atoms with van der Waals surface area (Å²) in [5, 5.41) is 0. The third kappa shape index (κ3) is 4.41. The standard InChI is InChI=1S/C9H18O6Si/c1-7(2)9(10)14-8(3)15-16(11-4,12-5)13-6/h8H,1H2,2-6H3. The van der Waals surface area contributed by atoms with Gasteiger partial charge in [0, 0.05) is 26.9 Å². The van der Waals surface area contributed by atoms with Crippen LogP contribution in [-0.2, 0) is 27.2 Å². The van der Waals surface area contributed by atoms with E-state index in [0.717, 1.165) is 0 Å². The van der Waals surface area contributed by atoms with Crippen molar-refractivity contribution in [2.75, 3.05) is 21.3 Å². The minimum atomic E-state index is -3.19. The van der Waals surface area contributed by atoms with E-state index in [1.54, 1.807) is 13.8 Å². The minimum Gasteiger partial charge on any atom is -0.434 e. The first kappa shape index (κ1) is 15.3. The van der Waals surface area contributed by atoms with E-state index in [4.69, 9.17) is 22.4 Å². The molecule has 0 aliphatic carbocycles. The first-order valence-electron chi connectivity index (χ1n) is 4.60. The van der Waals surface area contributed by atoms with Crippen LogP contribution >= 0.6 is 0 Å². The molecular weight excluding hydrogens is 232 g/mol. The van der Waals surface area contributed by atoms with Gasteiger partial charge in [0.1, 0.15) is 0 Å². The minimum absolute atomic E-state index is 0.287. The summed E-state index contributed by atoms with van der Waals surface area (Å²) >= 11 is 0. The van der Waals surface area contributed by atoms with Crippen molar-refractivity contribution in [2.24, 2.45) is 0 Å². The molecule has 0 aromatic heterocycles. The molecular formula is C9H18O6Si. The molecule has 7 heteroatoms. The van der Waals surface area contributed by atoms with Crippen molar-refractivity contribution in [3.63, 3.8) is 0 Å². The summed E-state index contributed by atoms with van der Waals surface area (Å²) < 4.78 is 25.2. The molecule has 0 heterocycles. The molecule has 16 heavy (non-hydrogen) atoms. The summed E-state index contributed by atoms with van der Waals surface area (Å²) in [6.45, 7) is 6.54. The predicted octanol–water partition coefficient (Wildman–Crippen LogP) is 0.843. The van der Waals surface area contributed by atoms with E-state index >= 15 is 0 Å². The molecule has 1 unspecified atom stereocenters. The van der Waals surface area contributed by atoms with Gasteiger partial charge in [-0.3, -0.25) is 0 Å². The van der Waals surface area contributed by atoms with Crippen LogP contribution in [0.3, 0.4) is 0 Å². The normalized spacial score (nSPS) is 13.3. The predicted molar refractivity (Wildman–Crippen MR) is 58.2 cm³/mol. The average Bonchev–Trinajstić information content (AvgIpc) is 2.26. The fraction of sp³-hybridized carbons (Fsp3) is 0.667. The van der Waals surface area contributed by atoms with Gasteiger partial charge in [0.2, 0.25) is 0 Å². The smallest absolute Gasteiger partial charge is 0.434 e. The van der Waals surface area contributed by atoms with Crippen molar-refractivity contribution >= 4 is 15.0 Å². The van der Waals surface area contributed by atoms with Gasteiger partial charge < -0.3 is 22.4 Å². The molecule has 0 N–H and O–H groups in total. The molecule has 0 spiro atoms. The van der Waals surface area contributed by atoms with Crippen molar-refractivity contribution in [3.05, 3.63) is 12.2 Å². The monoisotopic (exact) mass is 250 g/mol. The maximum Gasteiger partial charge on any atom is 0.681 e. The van der Waals surface area contributed by atoms with Crippen molar-refractivity contribution in [2.45, 2.75) is 20.1 Å². The second-order valence-corrected chi connectivity index (χ2v) is 5.44. The second-order valence-electron chi connectivity index (χ2n) is 2.98. The van der Waals surface area contributed by atoms with Crippen LogP contribution < -0.4 is 0 Å². The van der Waals surface area contributed by atoms with Crippen LogP contribution in [0.15, 0.2) is 12.2 Å². The number of carbonyl (C=O) groups excluding carboxylic acids is 1. The fourth-order valence-electron chi connectivity index (χ4n) is 0.873. The Hall–Kier alpha value is -0.733. The summed E-state index contributed by atoms with van der Waals surface area (Å²) in [7, 11) is 0.997. The zero-order chi connectivity index (χ0) is 12.8. The Bertz CT molecular complexity index is 242. The molecule has 6 nitrogen and oxygen atoms in total. The number of hydrogen-bond donors (Lipinski definition) is 0. The van der Waals surface area contributed by atoms with Crippen molar-refractivity contribution in [1.29, 1.82) is 0 Å². The Balaban J connectivity index is 4.36.